The molecule has 1 unspecified atom stereocenters. The number of rotatable bonds is 13. The van der Waals surface area contributed by atoms with Crippen LogP contribution in [-0.2, 0) is 35.1 Å². The van der Waals surface area contributed by atoms with E-state index in [0.717, 1.165) is 0 Å². The van der Waals surface area contributed by atoms with Crippen LogP contribution in [0.3, 0.4) is 0 Å². The van der Waals surface area contributed by atoms with Gasteiger partial charge in [0.15, 0.2) is 11.5 Å². The van der Waals surface area contributed by atoms with Gasteiger partial charge in [-0.15, -0.1) is 0 Å². The van der Waals surface area contributed by atoms with Gasteiger partial charge < -0.3 is 24.7 Å². The summed E-state index contributed by atoms with van der Waals surface area (Å²) < 4.78 is 21.7. The highest BCUT2D eigenvalue weighted by molar-refractivity contribution is 5.82. The Kier molecular flexibility index (Phi) is 11.5. The molecule has 2 atom stereocenters. The van der Waals surface area contributed by atoms with Crippen molar-refractivity contribution >= 4 is 23.9 Å². The van der Waals surface area contributed by atoms with E-state index < -0.39 is 46.4 Å². The number of esters is 4. The number of carbonyl (C=O) groups is 4. The fourth-order valence-electron chi connectivity index (χ4n) is 3.28. The van der Waals surface area contributed by atoms with Gasteiger partial charge in [0.25, 0.3) is 0 Å². The van der Waals surface area contributed by atoms with E-state index in [9.17, 15) is 19.2 Å². The average Bonchev–Trinajstić information content (AvgIpc) is 2.84. The molecule has 214 valence electrons. The third-order valence-electron chi connectivity index (χ3n) is 6.84. The summed E-state index contributed by atoms with van der Waals surface area (Å²) in [6.07, 6.45) is 0.409. The average molecular weight is 536 g/mol. The fourth-order valence-corrected chi connectivity index (χ4v) is 3.28. The van der Waals surface area contributed by atoms with Crippen molar-refractivity contribution in [1.29, 1.82) is 0 Å². The van der Waals surface area contributed by atoms with Crippen LogP contribution >= 0.6 is 0 Å². The lowest BCUT2D eigenvalue weighted by atomic mass is 9.86. The Morgan fingerprint density at radius 1 is 0.842 bits per heavy atom. The van der Waals surface area contributed by atoms with Gasteiger partial charge in [-0.2, -0.15) is 0 Å². The smallest absolute Gasteiger partial charge is 0.326 e. The number of hydrogen-bond donors (Lipinski definition) is 1. The summed E-state index contributed by atoms with van der Waals surface area (Å²) in [6.45, 7) is 15.9. The van der Waals surface area contributed by atoms with Crippen LogP contribution < -0.4 is 15.2 Å². The van der Waals surface area contributed by atoms with Crippen molar-refractivity contribution in [3.8, 4) is 11.5 Å². The van der Waals surface area contributed by atoms with Gasteiger partial charge in [-0.3, -0.25) is 19.2 Å². The molecule has 0 aromatic heterocycles. The van der Waals surface area contributed by atoms with Crippen molar-refractivity contribution in [1.82, 2.24) is 0 Å². The lowest BCUT2D eigenvalue weighted by Crippen LogP contribution is -2.53. The zero-order valence-corrected chi connectivity index (χ0v) is 24.6. The summed E-state index contributed by atoms with van der Waals surface area (Å²) in [7, 11) is 1.23. The highest BCUT2D eigenvalue weighted by atomic mass is 16.6. The van der Waals surface area contributed by atoms with E-state index in [4.69, 9.17) is 24.7 Å². The Labute approximate surface area is 226 Å². The Morgan fingerprint density at radius 2 is 1.34 bits per heavy atom. The topological polar surface area (TPSA) is 131 Å². The lowest BCUT2D eigenvalue weighted by Gasteiger charge is -2.30. The van der Waals surface area contributed by atoms with E-state index in [-0.39, 0.29) is 30.3 Å². The monoisotopic (exact) mass is 535 g/mol. The van der Waals surface area contributed by atoms with E-state index >= 15 is 0 Å². The van der Waals surface area contributed by atoms with E-state index in [1.807, 2.05) is 13.8 Å². The largest absolute Gasteiger partial charge is 0.468 e. The Hall–Kier alpha value is -2.94. The minimum atomic E-state index is -1.54. The molecule has 0 spiro atoms. The molecule has 1 rings (SSSR count). The molecule has 1 aromatic rings. The van der Waals surface area contributed by atoms with Crippen LogP contribution in [0, 0.1) is 16.7 Å². The minimum Gasteiger partial charge on any atom is -0.468 e. The molecule has 0 fully saturated rings. The lowest BCUT2D eigenvalue weighted by molar-refractivity contribution is -0.157. The second kappa shape index (κ2) is 13.2. The second-order valence-corrected chi connectivity index (χ2v) is 11.5. The number of ether oxygens (including phenoxy) is 4. The predicted octanol–water partition coefficient (Wildman–Crippen LogP) is 4.76. The van der Waals surface area contributed by atoms with Crippen LogP contribution in [0.15, 0.2) is 18.2 Å². The van der Waals surface area contributed by atoms with Gasteiger partial charge in [0.1, 0.15) is 11.6 Å². The standard InChI is InChI=1S/C29H45NO8/c1-11-27(6,7)24(32)37-21-14-13-20(15-22(21)38-25(33)28(8,9)12-2)17-29(30,26(34)35-10)16-19(5)36-23(31)18(3)4/h13-15,18-19H,11-12,16-17,30H2,1-10H3/t19-,29?/m0/s1. The van der Waals surface area contributed by atoms with Gasteiger partial charge in [-0.1, -0.05) is 33.8 Å². The third kappa shape index (κ3) is 8.82. The van der Waals surface area contributed by atoms with Crippen molar-refractivity contribution in [2.75, 3.05) is 7.11 Å². The van der Waals surface area contributed by atoms with Crippen LogP contribution in [0.4, 0.5) is 0 Å². The molecule has 0 radical (unpaired) electrons. The predicted molar refractivity (Wildman–Crippen MR) is 144 cm³/mol. The molecular formula is C29H45NO8. The highest BCUT2D eigenvalue weighted by Crippen LogP contribution is 2.35. The molecule has 0 saturated heterocycles. The second-order valence-electron chi connectivity index (χ2n) is 11.5. The molecule has 38 heavy (non-hydrogen) atoms. The first-order valence-corrected chi connectivity index (χ1v) is 13.1. The maximum Gasteiger partial charge on any atom is 0.326 e. The maximum absolute atomic E-state index is 12.9. The first-order chi connectivity index (χ1) is 17.4. The molecule has 1 aromatic carbocycles. The van der Waals surface area contributed by atoms with Crippen molar-refractivity contribution in [2.45, 2.75) is 99.6 Å². The van der Waals surface area contributed by atoms with Gasteiger partial charge in [0.05, 0.1) is 23.9 Å². The van der Waals surface area contributed by atoms with E-state index in [2.05, 4.69) is 0 Å². The zero-order valence-electron chi connectivity index (χ0n) is 24.6. The summed E-state index contributed by atoms with van der Waals surface area (Å²) >= 11 is 0. The summed E-state index contributed by atoms with van der Waals surface area (Å²) in [5.41, 5.74) is 3.98. The molecule has 0 aliphatic rings. The van der Waals surface area contributed by atoms with Crippen LogP contribution in [0.25, 0.3) is 0 Å². The quantitative estimate of drug-likeness (QED) is 0.280. The molecule has 0 saturated carbocycles. The van der Waals surface area contributed by atoms with Crippen molar-refractivity contribution in [2.24, 2.45) is 22.5 Å². The minimum absolute atomic E-state index is 0.00243. The number of methoxy groups -OCH3 is 1. The Balaban J connectivity index is 3.42. The summed E-state index contributed by atoms with van der Waals surface area (Å²) in [6, 6.07) is 4.68. The number of nitrogens with two attached hydrogens (primary N) is 1. The van der Waals surface area contributed by atoms with Gasteiger partial charge in [0, 0.05) is 12.8 Å². The molecule has 9 nitrogen and oxygen atoms in total. The van der Waals surface area contributed by atoms with E-state index in [1.54, 1.807) is 54.5 Å². The van der Waals surface area contributed by atoms with Crippen molar-refractivity contribution in [3.05, 3.63) is 23.8 Å². The summed E-state index contributed by atoms with van der Waals surface area (Å²) in [4.78, 5) is 50.4. The third-order valence-corrected chi connectivity index (χ3v) is 6.84. The molecule has 0 aliphatic heterocycles. The van der Waals surface area contributed by atoms with Crippen LogP contribution in [-0.4, -0.2) is 42.6 Å². The Bertz CT molecular complexity index is 1010. The van der Waals surface area contributed by atoms with Gasteiger partial charge >= 0.3 is 23.9 Å². The van der Waals surface area contributed by atoms with Crippen molar-refractivity contribution in [3.63, 3.8) is 0 Å². The van der Waals surface area contributed by atoms with Gasteiger partial charge in [-0.05, 0) is 65.2 Å². The highest BCUT2D eigenvalue weighted by Gasteiger charge is 2.39. The molecule has 0 bridgehead atoms. The van der Waals surface area contributed by atoms with Crippen LogP contribution in [0.2, 0.25) is 0 Å². The fraction of sp³-hybridized carbons (Fsp3) is 0.655. The Morgan fingerprint density at radius 3 is 1.79 bits per heavy atom. The van der Waals surface area contributed by atoms with Crippen LogP contribution in [0.5, 0.6) is 11.5 Å². The first kappa shape index (κ1) is 33.1. The summed E-state index contributed by atoms with van der Waals surface area (Å²) in [5.74, 6) is -2.26. The molecule has 0 heterocycles. The van der Waals surface area contributed by atoms with Crippen LogP contribution in [0.1, 0.15) is 87.1 Å². The van der Waals surface area contributed by atoms with Gasteiger partial charge in [0.2, 0.25) is 0 Å². The van der Waals surface area contributed by atoms with Crippen molar-refractivity contribution < 1.29 is 38.1 Å². The normalized spacial score (nSPS) is 14.3. The number of carbonyl (C=O) groups excluding carboxylic acids is 4. The molecule has 9 heteroatoms. The first-order valence-electron chi connectivity index (χ1n) is 13.1. The maximum atomic E-state index is 12.9. The van der Waals surface area contributed by atoms with E-state index in [0.29, 0.717) is 18.4 Å². The molecule has 2 N–H and O–H groups in total. The summed E-state index contributed by atoms with van der Waals surface area (Å²) in [5, 5.41) is 0. The van der Waals surface area contributed by atoms with Gasteiger partial charge in [-0.25, -0.2) is 0 Å². The van der Waals surface area contributed by atoms with E-state index in [1.165, 1.54) is 19.2 Å². The zero-order chi connectivity index (χ0) is 29.5. The molecule has 0 aliphatic carbocycles. The number of benzene rings is 1. The molecule has 0 amide bonds. The molecular weight excluding hydrogens is 490 g/mol. The number of hydrogen-bond acceptors (Lipinski definition) is 9. The SMILES string of the molecule is CCC(C)(C)C(=O)Oc1ccc(CC(N)(C[C@H](C)OC(=O)C(C)C)C(=O)OC)cc1OC(=O)C(C)(C)CC.